The number of carbonyl (C=O) groups excluding carboxylic acids is 1. The average Bonchev–Trinajstić information content (AvgIpc) is 2.86. The molecule has 0 spiro atoms. The molecule has 0 atom stereocenters. The maximum absolute atomic E-state index is 12.7. The molecular formula is C27H19BrCl2N2O4. The molecule has 3 aromatic rings. The number of hydrogen-bond donors (Lipinski definition) is 1. The third kappa shape index (κ3) is 7.19. The number of amides is 1. The molecule has 3 aromatic carbocycles. The van der Waals surface area contributed by atoms with Crippen LogP contribution in [0.2, 0.25) is 10.0 Å². The number of methoxy groups -OCH3 is 1. The van der Waals surface area contributed by atoms with Crippen molar-refractivity contribution in [2.24, 2.45) is 0 Å². The van der Waals surface area contributed by atoms with Gasteiger partial charge in [-0.25, -0.2) is 0 Å². The van der Waals surface area contributed by atoms with Crippen LogP contribution in [-0.4, -0.2) is 19.6 Å². The van der Waals surface area contributed by atoms with Crippen molar-refractivity contribution in [2.75, 3.05) is 19.0 Å². The fourth-order valence-electron chi connectivity index (χ4n) is 3.03. The molecule has 182 valence electrons. The molecular weight excluding hydrogens is 567 g/mol. The van der Waals surface area contributed by atoms with Crippen molar-refractivity contribution >= 4 is 56.8 Å². The van der Waals surface area contributed by atoms with Crippen LogP contribution in [0.4, 0.5) is 5.69 Å². The van der Waals surface area contributed by atoms with Gasteiger partial charge in [0, 0.05) is 21.3 Å². The predicted octanol–water partition coefficient (Wildman–Crippen LogP) is 6.90. The van der Waals surface area contributed by atoms with Crippen LogP contribution in [-0.2, 0) is 11.4 Å². The van der Waals surface area contributed by atoms with Crippen LogP contribution in [0.3, 0.4) is 0 Å². The van der Waals surface area contributed by atoms with Crippen molar-refractivity contribution < 1.29 is 19.0 Å². The molecule has 0 fully saturated rings. The number of halogens is 3. The maximum atomic E-state index is 12.7. The number of hydrogen-bond acceptors (Lipinski definition) is 5. The molecule has 0 saturated heterocycles. The summed E-state index contributed by atoms with van der Waals surface area (Å²) in [5, 5.41) is 13.3. The molecule has 0 aromatic heterocycles. The minimum absolute atomic E-state index is 0.0642. The second kappa shape index (κ2) is 12.9. The molecule has 9 heteroatoms. The summed E-state index contributed by atoms with van der Waals surface area (Å²) in [5.74, 6) is 3.23. The first-order valence-corrected chi connectivity index (χ1v) is 11.9. The average molecular weight is 586 g/mol. The lowest BCUT2D eigenvalue weighted by molar-refractivity contribution is -0.112. The van der Waals surface area contributed by atoms with Crippen molar-refractivity contribution in [1.29, 1.82) is 5.26 Å². The van der Waals surface area contributed by atoms with Crippen LogP contribution in [0.1, 0.15) is 11.1 Å². The highest BCUT2D eigenvalue weighted by Crippen LogP contribution is 2.37. The number of anilines is 1. The number of nitrogens with zero attached hydrogens (tertiary/aromatic N) is 1. The third-order valence-electron chi connectivity index (χ3n) is 4.75. The molecule has 0 aliphatic heterocycles. The van der Waals surface area contributed by atoms with Gasteiger partial charge in [-0.15, -0.1) is 6.42 Å². The lowest BCUT2D eigenvalue weighted by atomic mass is 10.1. The Labute approximate surface area is 227 Å². The van der Waals surface area contributed by atoms with Gasteiger partial charge in [0.05, 0.1) is 11.6 Å². The summed E-state index contributed by atoms with van der Waals surface area (Å²) in [6.45, 7) is 0.323. The standard InChI is InChI=1S/C27H19BrCl2N2O4/c1-3-10-35-26-23(28)12-17(13-25(26)34-2)11-19(15-31)27(33)32-21-6-8-22(9-7-21)36-16-18-4-5-20(29)14-24(18)30/h1,4-9,11-14H,10,16H2,2H3,(H,32,33)/b19-11+. The van der Waals surface area contributed by atoms with Crippen molar-refractivity contribution in [2.45, 2.75) is 6.61 Å². The minimum atomic E-state index is -0.568. The zero-order valence-corrected chi connectivity index (χ0v) is 22.1. The first kappa shape index (κ1) is 27.0. The highest BCUT2D eigenvalue weighted by Gasteiger charge is 2.14. The molecule has 0 aliphatic rings. The van der Waals surface area contributed by atoms with Crippen LogP contribution in [0.25, 0.3) is 6.08 Å². The second-order valence-electron chi connectivity index (χ2n) is 7.20. The Morgan fingerprint density at radius 1 is 1.14 bits per heavy atom. The normalized spacial score (nSPS) is 10.7. The Kier molecular flexibility index (Phi) is 9.67. The van der Waals surface area contributed by atoms with Gasteiger partial charge in [-0.3, -0.25) is 4.79 Å². The van der Waals surface area contributed by atoms with Gasteiger partial charge in [0.1, 0.15) is 30.6 Å². The van der Waals surface area contributed by atoms with E-state index in [-0.39, 0.29) is 18.8 Å². The SMILES string of the molecule is C#CCOc1c(Br)cc(/C=C(\C#N)C(=O)Nc2ccc(OCc3ccc(Cl)cc3Cl)cc2)cc1OC. The van der Waals surface area contributed by atoms with E-state index in [1.54, 1.807) is 54.6 Å². The highest BCUT2D eigenvalue weighted by molar-refractivity contribution is 9.10. The highest BCUT2D eigenvalue weighted by atomic mass is 79.9. The van der Waals surface area contributed by atoms with Crippen LogP contribution < -0.4 is 19.5 Å². The van der Waals surface area contributed by atoms with Gasteiger partial charge in [0.25, 0.3) is 5.91 Å². The Morgan fingerprint density at radius 3 is 2.53 bits per heavy atom. The molecule has 0 bridgehead atoms. The molecule has 0 heterocycles. The largest absolute Gasteiger partial charge is 0.493 e. The van der Waals surface area contributed by atoms with Gasteiger partial charge in [-0.05, 0) is 76.1 Å². The van der Waals surface area contributed by atoms with Crippen LogP contribution in [0, 0.1) is 23.7 Å². The molecule has 0 aliphatic carbocycles. The second-order valence-corrected chi connectivity index (χ2v) is 8.90. The molecule has 1 N–H and O–H groups in total. The van der Waals surface area contributed by atoms with E-state index in [4.69, 9.17) is 43.8 Å². The summed E-state index contributed by atoms with van der Waals surface area (Å²) < 4.78 is 17.1. The maximum Gasteiger partial charge on any atom is 0.266 e. The lowest BCUT2D eigenvalue weighted by Gasteiger charge is -2.12. The first-order valence-electron chi connectivity index (χ1n) is 10.4. The van der Waals surface area contributed by atoms with Gasteiger partial charge in [-0.2, -0.15) is 5.26 Å². The minimum Gasteiger partial charge on any atom is -0.493 e. The summed E-state index contributed by atoms with van der Waals surface area (Å²) in [5.41, 5.74) is 1.75. The lowest BCUT2D eigenvalue weighted by Crippen LogP contribution is -2.13. The van der Waals surface area contributed by atoms with Gasteiger partial charge < -0.3 is 19.5 Å². The Balaban J connectivity index is 1.68. The number of carbonyl (C=O) groups is 1. The van der Waals surface area contributed by atoms with Crippen LogP contribution in [0.5, 0.6) is 17.2 Å². The fourth-order valence-corrected chi connectivity index (χ4v) is 4.06. The molecule has 3 rings (SSSR count). The first-order chi connectivity index (χ1) is 17.3. The van der Waals surface area contributed by atoms with E-state index < -0.39 is 5.91 Å². The molecule has 36 heavy (non-hydrogen) atoms. The third-order valence-corrected chi connectivity index (χ3v) is 5.93. The van der Waals surface area contributed by atoms with Crippen molar-refractivity contribution in [3.8, 4) is 35.7 Å². The van der Waals surface area contributed by atoms with E-state index in [0.717, 1.165) is 5.56 Å². The zero-order chi connectivity index (χ0) is 26.1. The Bertz CT molecular complexity index is 1380. The quantitative estimate of drug-likeness (QED) is 0.168. The number of terminal acetylenes is 1. The molecule has 1 amide bonds. The van der Waals surface area contributed by atoms with E-state index in [9.17, 15) is 10.1 Å². The number of benzene rings is 3. The summed E-state index contributed by atoms with van der Waals surface area (Å²) in [4.78, 5) is 12.7. The van der Waals surface area contributed by atoms with Crippen LogP contribution in [0.15, 0.2) is 64.6 Å². The summed E-state index contributed by atoms with van der Waals surface area (Å²) in [6.07, 6.45) is 6.69. The van der Waals surface area contributed by atoms with E-state index >= 15 is 0 Å². The van der Waals surface area contributed by atoms with Crippen molar-refractivity contribution in [3.63, 3.8) is 0 Å². The van der Waals surface area contributed by atoms with E-state index in [2.05, 4.69) is 27.2 Å². The summed E-state index contributed by atoms with van der Waals surface area (Å²) in [6, 6.07) is 17.2. The molecule has 0 unspecified atom stereocenters. The Hall–Kier alpha value is -3.62. The van der Waals surface area contributed by atoms with Crippen molar-refractivity contribution in [1.82, 2.24) is 0 Å². The number of nitrogens with one attached hydrogen (secondary N) is 1. The van der Waals surface area contributed by atoms with Crippen LogP contribution >= 0.6 is 39.1 Å². The molecule has 6 nitrogen and oxygen atoms in total. The number of ether oxygens (including phenoxy) is 3. The van der Waals surface area contributed by atoms with E-state index in [1.165, 1.54) is 13.2 Å². The predicted molar refractivity (Wildman–Crippen MR) is 144 cm³/mol. The fraction of sp³-hybridized carbons (Fsp3) is 0.111. The van der Waals surface area contributed by atoms with Crippen molar-refractivity contribution in [3.05, 3.63) is 85.8 Å². The van der Waals surface area contributed by atoms with E-state index in [1.807, 2.05) is 6.07 Å². The topological polar surface area (TPSA) is 80.6 Å². The summed E-state index contributed by atoms with van der Waals surface area (Å²) >= 11 is 15.5. The zero-order valence-electron chi connectivity index (χ0n) is 19.0. The Morgan fingerprint density at radius 2 is 1.89 bits per heavy atom. The smallest absolute Gasteiger partial charge is 0.266 e. The van der Waals surface area contributed by atoms with E-state index in [0.29, 0.717) is 43.0 Å². The molecule has 0 saturated carbocycles. The monoisotopic (exact) mass is 584 g/mol. The van der Waals surface area contributed by atoms with Gasteiger partial charge in [0.2, 0.25) is 0 Å². The number of nitriles is 1. The van der Waals surface area contributed by atoms with Gasteiger partial charge in [0.15, 0.2) is 11.5 Å². The van der Waals surface area contributed by atoms with Gasteiger partial charge in [-0.1, -0.05) is 35.2 Å². The van der Waals surface area contributed by atoms with Gasteiger partial charge >= 0.3 is 0 Å². The molecule has 0 radical (unpaired) electrons. The number of rotatable bonds is 9. The summed E-state index contributed by atoms with van der Waals surface area (Å²) in [7, 11) is 1.48.